The Morgan fingerprint density at radius 3 is 2.55 bits per heavy atom. The zero-order valence-corrected chi connectivity index (χ0v) is 16.0. The lowest BCUT2D eigenvalue weighted by molar-refractivity contribution is 0.102. The molecule has 0 spiro atoms. The molecular weight excluding hydrogens is 397 g/mol. The zero-order valence-electron chi connectivity index (χ0n) is 15.2. The van der Waals surface area contributed by atoms with Crippen molar-refractivity contribution in [2.45, 2.75) is 6.61 Å². The van der Waals surface area contributed by atoms with Crippen LogP contribution in [0.25, 0.3) is 22.2 Å². The number of aromatic amines is 1. The van der Waals surface area contributed by atoms with Crippen LogP contribution in [0.5, 0.6) is 0 Å². The number of hydrogen-bond donors (Lipinski definition) is 2. The predicted molar refractivity (Wildman–Crippen MR) is 107 cm³/mol. The van der Waals surface area contributed by atoms with Gasteiger partial charge in [-0.3, -0.25) is 19.9 Å². The second kappa shape index (κ2) is 7.94. The van der Waals surface area contributed by atoms with Gasteiger partial charge in [-0.2, -0.15) is 5.10 Å². The molecule has 4 aromatic rings. The number of benzene rings is 2. The van der Waals surface area contributed by atoms with E-state index in [0.29, 0.717) is 27.3 Å². The number of hydrogen-bond acceptors (Lipinski definition) is 5. The first kappa shape index (κ1) is 19.0. The van der Waals surface area contributed by atoms with Crippen LogP contribution in [0.1, 0.15) is 16.1 Å². The second-order valence-electron chi connectivity index (χ2n) is 6.20. The van der Waals surface area contributed by atoms with E-state index < -0.39 is 11.7 Å². The van der Waals surface area contributed by atoms with Gasteiger partial charge in [0.05, 0.1) is 28.9 Å². The number of nitrogens with zero attached hydrogens (tertiary/aromatic N) is 3. The molecule has 2 aromatic carbocycles. The maximum atomic E-state index is 14.5. The average molecular weight is 412 g/mol. The fraction of sp³-hybridized carbons (Fsp3) is 0.100. The third kappa shape index (κ3) is 3.80. The molecular formula is C20H15ClFN5O2. The number of H-pyrrole nitrogens is 1. The van der Waals surface area contributed by atoms with Crippen molar-refractivity contribution in [1.29, 1.82) is 0 Å². The summed E-state index contributed by atoms with van der Waals surface area (Å²) in [7, 11) is 1.55. The molecule has 0 aliphatic rings. The molecule has 0 radical (unpaired) electrons. The maximum absolute atomic E-state index is 14.5. The fourth-order valence-electron chi connectivity index (χ4n) is 2.98. The summed E-state index contributed by atoms with van der Waals surface area (Å²) in [5, 5.41) is 10.3. The van der Waals surface area contributed by atoms with E-state index in [1.807, 2.05) is 0 Å². The van der Waals surface area contributed by atoms with E-state index in [1.54, 1.807) is 31.4 Å². The summed E-state index contributed by atoms with van der Waals surface area (Å²) in [6.07, 6.45) is 2.94. The van der Waals surface area contributed by atoms with Crippen molar-refractivity contribution in [3.63, 3.8) is 0 Å². The Balaban J connectivity index is 1.72. The van der Waals surface area contributed by atoms with Gasteiger partial charge in [0.2, 0.25) is 0 Å². The summed E-state index contributed by atoms with van der Waals surface area (Å²) >= 11 is 5.97. The molecule has 0 bridgehead atoms. The van der Waals surface area contributed by atoms with Crippen LogP contribution in [-0.2, 0) is 11.3 Å². The van der Waals surface area contributed by atoms with Gasteiger partial charge >= 0.3 is 0 Å². The third-order valence-electron chi connectivity index (χ3n) is 4.30. The topological polar surface area (TPSA) is 92.8 Å². The molecule has 0 aliphatic heterocycles. The van der Waals surface area contributed by atoms with Crippen molar-refractivity contribution in [2.75, 3.05) is 12.4 Å². The Bertz CT molecular complexity index is 1190. The van der Waals surface area contributed by atoms with Gasteiger partial charge in [-0.15, -0.1) is 0 Å². The molecule has 2 aromatic heterocycles. The van der Waals surface area contributed by atoms with Gasteiger partial charge in [0.15, 0.2) is 5.82 Å². The van der Waals surface area contributed by atoms with E-state index in [2.05, 4.69) is 25.5 Å². The fourth-order valence-corrected chi connectivity index (χ4v) is 3.11. The number of amides is 1. The van der Waals surface area contributed by atoms with Crippen molar-refractivity contribution in [1.82, 2.24) is 20.2 Å². The number of nitrogens with one attached hydrogen (secondary N) is 2. The molecule has 0 unspecified atom stereocenters. The molecule has 4 rings (SSSR count). The summed E-state index contributed by atoms with van der Waals surface area (Å²) in [6, 6.07) is 9.60. The number of halogens is 2. The summed E-state index contributed by atoms with van der Waals surface area (Å²) in [5.41, 5.74) is 2.70. The van der Waals surface area contributed by atoms with Gasteiger partial charge in [0.25, 0.3) is 5.91 Å². The van der Waals surface area contributed by atoms with E-state index in [4.69, 9.17) is 16.3 Å². The van der Waals surface area contributed by atoms with E-state index in [1.165, 1.54) is 24.5 Å². The molecule has 2 heterocycles. The summed E-state index contributed by atoms with van der Waals surface area (Å²) < 4.78 is 19.7. The van der Waals surface area contributed by atoms with Gasteiger partial charge < -0.3 is 10.1 Å². The largest absolute Gasteiger partial charge is 0.378 e. The first-order valence-corrected chi connectivity index (χ1v) is 8.98. The van der Waals surface area contributed by atoms with Crippen LogP contribution >= 0.6 is 11.6 Å². The molecule has 0 saturated heterocycles. The Labute approximate surface area is 169 Å². The Hall–Kier alpha value is -3.36. The number of rotatable bonds is 5. The number of anilines is 1. The van der Waals surface area contributed by atoms with E-state index in [0.717, 1.165) is 5.56 Å². The van der Waals surface area contributed by atoms with Crippen molar-refractivity contribution in [2.24, 2.45) is 0 Å². The summed E-state index contributed by atoms with van der Waals surface area (Å²) in [5.74, 6) is -1.10. The SMILES string of the molecule is COCc1[nH]nc(NC(=O)c2cc3nccnc3cc2F)c1-c1ccc(Cl)cc1. The second-order valence-corrected chi connectivity index (χ2v) is 6.63. The number of carbonyl (C=O) groups excluding carboxylic acids is 1. The molecule has 0 saturated carbocycles. The first-order chi connectivity index (χ1) is 14.1. The minimum Gasteiger partial charge on any atom is -0.378 e. The predicted octanol–water partition coefficient (Wildman–Crippen LogP) is 4.21. The number of carbonyl (C=O) groups is 1. The lowest BCUT2D eigenvalue weighted by Gasteiger charge is -2.09. The quantitative estimate of drug-likeness (QED) is 0.513. The van der Waals surface area contributed by atoms with Crippen LogP contribution in [0.2, 0.25) is 5.02 Å². The standard InChI is InChI=1S/C20H15ClFN5O2/c1-29-10-17-18(11-2-4-12(21)5-3-11)19(27-26-17)25-20(28)13-8-15-16(9-14(13)22)24-7-6-23-15/h2-9H,10H2,1H3,(H2,25,26,27,28). The average Bonchev–Trinajstić information content (AvgIpc) is 3.10. The molecule has 29 heavy (non-hydrogen) atoms. The normalized spacial score (nSPS) is 11.0. The highest BCUT2D eigenvalue weighted by molar-refractivity contribution is 6.30. The highest BCUT2D eigenvalue weighted by Gasteiger charge is 2.20. The Morgan fingerprint density at radius 1 is 1.17 bits per heavy atom. The van der Waals surface area contributed by atoms with Gasteiger partial charge in [-0.25, -0.2) is 4.39 Å². The molecule has 0 aliphatic carbocycles. The highest BCUT2D eigenvalue weighted by atomic mass is 35.5. The van der Waals surface area contributed by atoms with E-state index in [-0.39, 0.29) is 18.0 Å². The summed E-state index contributed by atoms with van der Waals surface area (Å²) in [4.78, 5) is 20.9. The number of fused-ring (bicyclic) bond motifs is 1. The monoisotopic (exact) mass is 411 g/mol. The molecule has 7 nitrogen and oxygen atoms in total. The van der Waals surface area contributed by atoms with Crippen LogP contribution in [0, 0.1) is 5.82 Å². The minimum atomic E-state index is -0.698. The van der Waals surface area contributed by atoms with Crippen LogP contribution in [0.4, 0.5) is 10.2 Å². The Morgan fingerprint density at radius 2 is 1.86 bits per heavy atom. The lowest BCUT2D eigenvalue weighted by Crippen LogP contribution is -2.15. The van der Waals surface area contributed by atoms with Crippen molar-refractivity contribution >= 4 is 34.4 Å². The molecule has 9 heteroatoms. The number of aromatic nitrogens is 4. The maximum Gasteiger partial charge on any atom is 0.259 e. The smallest absolute Gasteiger partial charge is 0.259 e. The lowest BCUT2D eigenvalue weighted by atomic mass is 10.1. The van der Waals surface area contributed by atoms with Crippen LogP contribution in [-0.4, -0.2) is 33.2 Å². The van der Waals surface area contributed by atoms with Gasteiger partial charge in [0, 0.05) is 36.2 Å². The Kier molecular flexibility index (Phi) is 5.20. The summed E-state index contributed by atoms with van der Waals surface area (Å²) in [6.45, 7) is 0.251. The molecule has 0 atom stereocenters. The molecule has 0 fully saturated rings. The van der Waals surface area contributed by atoms with E-state index in [9.17, 15) is 9.18 Å². The molecule has 1 amide bonds. The van der Waals surface area contributed by atoms with Gasteiger partial charge in [-0.05, 0) is 23.8 Å². The van der Waals surface area contributed by atoms with E-state index >= 15 is 0 Å². The third-order valence-corrected chi connectivity index (χ3v) is 4.55. The van der Waals surface area contributed by atoms with Crippen molar-refractivity contribution in [3.8, 4) is 11.1 Å². The zero-order chi connectivity index (χ0) is 20.4. The highest BCUT2D eigenvalue weighted by Crippen LogP contribution is 2.31. The first-order valence-electron chi connectivity index (χ1n) is 8.60. The minimum absolute atomic E-state index is 0.156. The number of ether oxygens (including phenoxy) is 1. The van der Waals surface area contributed by atoms with Gasteiger partial charge in [-0.1, -0.05) is 23.7 Å². The van der Waals surface area contributed by atoms with Crippen molar-refractivity contribution in [3.05, 3.63) is 70.9 Å². The van der Waals surface area contributed by atoms with Gasteiger partial charge in [0.1, 0.15) is 5.82 Å². The molecule has 2 N–H and O–H groups in total. The van der Waals surface area contributed by atoms with Crippen LogP contribution < -0.4 is 5.32 Å². The van der Waals surface area contributed by atoms with Crippen molar-refractivity contribution < 1.29 is 13.9 Å². The molecule has 146 valence electrons. The van der Waals surface area contributed by atoms with Crippen LogP contribution in [0.3, 0.4) is 0 Å². The number of methoxy groups -OCH3 is 1. The van der Waals surface area contributed by atoms with Crippen LogP contribution in [0.15, 0.2) is 48.8 Å².